The number of hydrogen-bond donors (Lipinski definition) is 2. The Labute approximate surface area is 182 Å². The van der Waals surface area contributed by atoms with E-state index in [1.165, 1.54) is 25.8 Å². The van der Waals surface area contributed by atoms with Crippen molar-refractivity contribution in [1.29, 1.82) is 0 Å². The van der Waals surface area contributed by atoms with Crippen LogP contribution in [0.4, 0.5) is 11.4 Å². The number of hydrogen-bond acceptors (Lipinski definition) is 5. The minimum absolute atomic E-state index is 0.421. The maximum atomic E-state index is 12.1. The molecule has 2 amide bonds. The molecular weight excluding hydrogens is 394 g/mol. The molecule has 2 N–H and O–H groups in total. The maximum absolute atomic E-state index is 12.1. The Morgan fingerprint density at radius 2 is 1.71 bits per heavy atom. The number of carbonyl (C=O) groups excluding carboxylic acids is 3. The third-order valence-corrected chi connectivity index (χ3v) is 4.91. The molecule has 162 valence electrons. The zero-order valence-electron chi connectivity index (χ0n) is 17.5. The SMILES string of the molecule is C[C@H](NC(=O)/C=C/c1ccccc1)C(=O)OCC(=O)Nc1ccc(N2CCCC2)cc1. The van der Waals surface area contributed by atoms with Gasteiger partial charge in [0.05, 0.1) is 0 Å². The summed E-state index contributed by atoms with van der Waals surface area (Å²) < 4.78 is 5.01. The topological polar surface area (TPSA) is 87.7 Å². The number of esters is 1. The first kappa shape index (κ1) is 22.1. The minimum Gasteiger partial charge on any atom is -0.454 e. The normalized spacial score (nSPS) is 14.3. The third kappa shape index (κ3) is 6.99. The van der Waals surface area contributed by atoms with Gasteiger partial charge in [0.1, 0.15) is 6.04 Å². The van der Waals surface area contributed by atoms with Gasteiger partial charge in [0.15, 0.2) is 6.61 Å². The van der Waals surface area contributed by atoms with E-state index >= 15 is 0 Å². The molecule has 0 spiro atoms. The van der Waals surface area contributed by atoms with Gasteiger partial charge in [-0.05, 0) is 55.7 Å². The standard InChI is InChI=1S/C24H27N3O4/c1-18(25-22(28)14-9-19-7-3-2-4-8-19)24(30)31-17-23(29)26-20-10-12-21(13-11-20)27-15-5-6-16-27/h2-4,7-14,18H,5-6,15-17H2,1H3,(H,25,28)(H,26,29)/b14-9+/t18-/m0/s1. The molecule has 1 saturated heterocycles. The first-order valence-corrected chi connectivity index (χ1v) is 10.4. The fourth-order valence-electron chi connectivity index (χ4n) is 3.25. The molecule has 1 aliphatic heterocycles. The predicted molar refractivity (Wildman–Crippen MR) is 121 cm³/mol. The summed E-state index contributed by atoms with van der Waals surface area (Å²) >= 11 is 0. The summed E-state index contributed by atoms with van der Waals surface area (Å²) in [5.74, 6) is -1.54. The van der Waals surface area contributed by atoms with Gasteiger partial charge in [-0.1, -0.05) is 30.3 Å². The monoisotopic (exact) mass is 421 g/mol. The molecule has 0 bridgehead atoms. The number of rotatable bonds is 8. The summed E-state index contributed by atoms with van der Waals surface area (Å²) in [4.78, 5) is 38.4. The summed E-state index contributed by atoms with van der Waals surface area (Å²) in [6.45, 7) is 3.19. The van der Waals surface area contributed by atoms with Gasteiger partial charge >= 0.3 is 5.97 Å². The fourth-order valence-corrected chi connectivity index (χ4v) is 3.25. The Balaban J connectivity index is 1.39. The van der Waals surface area contributed by atoms with E-state index in [1.54, 1.807) is 6.08 Å². The lowest BCUT2D eigenvalue weighted by molar-refractivity contribution is -0.149. The van der Waals surface area contributed by atoms with Gasteiger partial charge in [0.25, 0.3) is 5.91 Å². The highest BCUT2D eigenvalue weighted by atomic mass is 16.5. The Morgan fingerprint density at radius 1 is 1.03 bits per heavy atom. The van der Waals surface area contributed by atoms with Crippen molar-refractivity contribution in [2.45, 2.75) is 25.8 Å². The number of carbonyl (C=O) groups is 3. The van der Waals surface area contributed by atoms with Crippen molar-refractivity contribution in [2.75, 3.05) is 29.9 Å². The van der Waals surface area contributed by atoms with Gasteiger partial charge in [-0.2, -0.15) is 0 Å². The largest absolute Gasteiger partial charge is 0.454 e. The molecule has 0 aromatic heterocycles. The zero-order chi connectivity index (χ0) is 22.1. The number of anilines is 2. The second-order valence-electron chi connectivity index (χ2n) is 7.37. The van der Waals surface area contributed by atoms with Gasteiger partial charge in [-0.3, -0.25) is 9.59 Å². The highest BCUT2D eigenvalue weighted by molar-refractivity contribution is 5.96. The van der Waals surface area contributed by atoms with Crippen molar-refractivity contribution in [1.82, 2.24) is 5.32 Å². The second kappa shape index (κ2) is 11.0. The maximum Gasteiger partial charge on any atom is 0.328 e. The van der Waals surface area contributed by atoms with E-state index in [0.29, 0.717) is 5.69 Å². The highest BCUT2D eigenvalue weighted by Crippen LogP contribution is 2.21. The Hall–Kier alpha value is -3.61. The molecule has 1 atom stereocenters. The van der Waals surface area contributed by atoms with Crippen molar-refractivity contribution in [3.8, 4) is 0 Å². The Morgan fingerprint density at radius 3 is 2.39 bits per heavy atom. The van der Waals surface area contributed by atoms with Crippen molar-refractivity contribution >= 4 is 35.2 Å². The van der Waals surface area contributed by atoms with Crippen LogP contribution in [-0.2, 0) is 19.1 Å². The average molecular weight is 421 g/mol. The van der Waals surface area contributed by atoms with E-state index in [9.17, 15) is 14.4 Å². The van der Waals surface area contributed by atoms with Crippen molar-refractivity contribution in [2.24, 2.45) is 0 Å². The van der Waals surface area contributed by atoms with E-state index in [4.69, 9.17) is 4.74 Å². The third-order valence-electron chi connectivity index (χ3n) is 4.91. The van der Waals surface area contributed by atoms with Crippen LogP contribution in [0, 0.1) is 0 Å². The van der Waals surface area contributed by atoms with E-state index in [0.717, 1.165) is 24.3 Å². The van der Waals surface area contributed by atoms with Crippen molar-refractivity contribution in [3.05, 3.63) is 66.2 Å². The van der Waals surface area contributed by atoms with Gasteiger partial charge in [0.2, 0.25) is 5.91 Å². The first-order valence-electron chi connectivity index (χ1n) is 10.4. The lowest BCUT2D eigenvalue weighted by atomic mass is 10.2. The van der Waals surface area contributed by atoms with Gasteiger partial charge < -0.3 is 20.3 Å². The summed E-state index contributed by atoms with van der Waals surface area (Å²) in [6, 6.07) is 16.1. The van der Waals surface area contributed by atoms with Crippen LogP contribution in [0.15, 0.2) is 60.7 Å². The van der Waals surface area contributed by atoms with Crippen molar-refractivity contribution in [3.63, 3.8) is 0 Å². The van der Waals surface area contributed by atoms with Crippen LogP contribution >= 0.6 is 0 Å². The van der Waals surface area contributed by atoms with Crippen LogP contribution < -0.4 is 15.5 Å². The van der Waals surface area contributed by atoms with Gasteiger partial charge in [0, 0.05) is 30.5 Å². The second-order valence-corrected chi connectivity index (χ2v) is 7.37. The van der Waals surface area contributed by atoms with E-state index in [-0.39, 0.29) is 0 Å². The summed E-state index contributed by atoms with van der Waals surface area (Å²) in [7, 11) is 0. The zero-order valence-corrected chi connectivity index (χ0v) is 17.5. The molecule has 7 heteroatoms. The fraction of sp³-hybridized carbons (Fsp3) is 0.292. The van der Waals surface area contributed by atoms with Crippen LogP contribution in [0.25, 0.3) is 6.08 Å². The summed E-state index contributed by atoms with van der Waals surface area (Å²) in [5, 5.41) is 5.22. The number of nitrogens with one attached hydrogen (secondary N) is 2. The van der Waals surface area contributed by atoms with Crippen LogP contribution in [0.2, 0.25) is 0 Å². The highest BCUT2D eigenvalue weighted by Gasteiger charge is 2.17. The molecule has 7 nitrogen and oxygen atoms in total. The summed E-state index contributed by atoms with van der Waals surface area (Å²) in [5.41, 5.74) is 2.64. The minimum atomic E-state index is -0.875. The molecule has 0 radical (unpaired) electrons. The Bertz CT molecular complexity index is 920. The van der Waals surface area contributed by atoms with E-state index in [1.807, 2.05) is 54.6 Å². The van der Waals surface area contributed by atoms with Crippen LogP contribution in [0.3, 0.4) is 0 Å². The van der Waals surface area contributed by atoms with Gasteiger partial charge in [-0.15, -0.1) is 0 Å². The lowest BCUT2D eigenvalue weighted by Gasteiger charge is -2.17. The number of benzene rings is 2. The average Bonchev–Trinajstić information content (AvgIpc) is 3.32. The number of nitrogens with zero attached hydrogens (tertiary/aromatic N) is 1. The quantitative estimate of drug-likeness (QED) is 0.505. The molecule has 1 fully saturated rings. The van der Waals surface area contributed by atoms with Gasteiger partial charge in [-0.25, -0.2) is 4.79 Å². The number of ether oxygens (including phenoxy) is 1. The molecule has 1 heterocycles. The molecule has 0 saturated carbocycles. The molecule has 2 aromatic rings. The smallest absolute Gasteiger partial charge is 0.328 e. The lowest BCUT2D eigenvalue weighted by Crippen LogP contribution is -2.39. The molecular formula is C24H27N3O4. The van der Waals surface area contributed by atoms with Crippen LogP contribution in [0.5, 0.6) is 0 Å². The molecule has 0 aliphatic carbocycles. The number of amides is 2. The van der Waals surface area contributed by atoms with Crippen LogP contribution in [0.1, 0.15) is 25.3 Å². The van der Waals surface area contributed by atoms with E-state index < -0.39 is 30.4 Å². The first-order chi connectivity index (χ1) is 15.0. The van der Waals surface area contributed by atoms with E-state index in [2.05, 4.69) is 15.5 Å². The molecule has 2 aromatic carbocycles. The predicted octanol–water partition coefficient (Wildman–Crippen LogP) is 2.99. The molecule has 0 unspecified atom stereocenters. The molecule has 31 heavy (non-hydrogen) atoms. The summed E-state index contributed by atoms with van der Waals surface area (Å²) in [6.07, 6.45) is 5.39. The van der Waals surface area contributed by atoms with Crippen LogP contribution in [-0.4, -0.2) is 43.5 Å². The molecule has 3 rings (SSSR count). The Kier molecular flexibility index (Phi) is 7.81. The molecule has 1 aliphatic rings. The van der Waals surface area contributed by atoms with Crippen molar-refractivity contribution < 1.29 is 19.1 Å².